The fraction of sp³-hybridized carbons (Fsp3) is 0.167. The topological polar surface area (TPSA) is 117 Å². The summed E-state index contributed by atoms with van der Waals surface area (Å²) >= 11 is 0. The Morgan fingerprint density at radius 1 is 1.03 bits per heavy atom. The molecule has 8 heteroatoms. The lowest BCUT2D eigenvalue weighted by Gasteiger charge is -2.14. The lowest BCUT2D eigenvalue weighted by Crippen LogP contribution is -2.19. The number of aromatic nitrogens is 2. The lowest BCUT2D eigenvalue weighted by atomic mass is 9.92. The Labute approximate surface area is 218 Å². The third-order valence-electron chi connectivity index (χ3n) is 7.24. The molecule has 5 aromatic rings. The van der Waals surface area contributed by atoms with Crippen molar-refractivity contribution in [3.05, 3.63) is 96.3 Å². The number of carbonyl (C=O) groups is 2. The Balaban J connectivity index is 1.26. The molecule has 0 spiro atoms. The number of fused-ring (bicyclic) bond motifs is 1. The van der Waals surface area contributed by atoms with Crippen molar-refractivity contribution in [3.8, 4) is 22.5 Å². The normalized spacial score (nSPS) is 14.7. The fourth-order valence-electron chi connectivity index (χ4n) is 4.93. The van der Waals surface area contributed by atoms with E-state index < -0.39 is 23.6 Å². The van der Waals surface area contributed by atoms with Crippen molar-refractivity contribution in [3.63, 3.8) is 0 Å². The van der Waals surface area contributed by atoms with E-state index in [-0.39, 0.29) is 0 Å². The van der Waals surface area contributed by atoms with Crippen LogP contribution in [-0.4, -0.2) is 27.3 Å². The van der Waals surface area contributed by atoms with Crippen LogP contribution in [0.25, 0.3) is 33.4 Å². The van der Waals surface area contributed by atoms with Crippen molar-refractivity contribution in [1.29, 1.82) is 0 Å². The third-order valence-corrected chi connectivity index (χ3v) is 7.24. The van der Waals surface area contributed by atoms with Crippen molar-refractivity contribution in [2.24, 2.45) is 0 Å². The second kappa shape index (κ2) is 9.23. The van der Waals surface area contributed by atoms with Gasteiger partial charge in [0.05, 0.1) is 17.1 Å². The Kier molecular flexibility index (Phi) is 5.72. The van der Waals surface area contributed by atoms with Crippen molar-refractivity contribution < 1.29 is 24.0 Å². The number of benzene rings is 3. The molecule has 1 fully saturated rings. The smallest absolute Gasteiger partial charge is 0.412 e. The van der Waals surface area contributed by atoms with Gasteiger partial charge in [-0.1, -0.05) is 65.8 Å². The largest absolute Gasteiger partial charge is 0.481 e. The number of amides is 1. The summed E-state index contributed by atoms with van der Waals surface area (Å²) < 4.78 is 11.1. The number of ether oxygens (including phenoxy) is 1. The number of aromatic amines is 1. The van der Waals surface area contributed by atoms with E-state index in [0.29, 0.717) is 24.3 Å². The molecule has 8 nitrogen and oxygen atoms in total. The predicted octanol–water partition coefficient (Wildman–Crippen LogP) is 6.92. The first-order valence-electron chi connectivity index (χ1n) is 12.4. The molecular weight excluding hydrogens is 482 g/mol. The number of anilines is 1. The molecule has 6 rings (SSSR count). The van der Waals surface area contributed by atoms with E-state index in [1.54, 1.807) is 0 Å². The highest BCUT2D eigenvalue weighted by Crippen LogP contribution is 2.49. The summed E-state index contributed by atoms with van der Waals surface area (Å²) in [6, 6.07) is 23.1. The number of aliphatic carboxylic acids is 1. The minimum Gasteiger partial charge on any atom is -0.481 e. The quantitative estimate of drug-likeness (QED) is 0.220. The minimum absolute atomic E-state index is 0.395. The average molecular weight is 508 g/mol. The fourth-order valence-corrected chi connectivity index (χ4v) is 4.93. The van der Waals surface area contributed by atoms with Crippen LogP contribution in [0, 0.1) is 0 Å². The lowest BCUT2D eigenvalue weighted by molar-refractivity contribution is -0.140. The van der Waals surface area contributed by atoms with Gasteiger partial charge in [-0.2, -0.15) is 0 Å². The van der Waals surface area contributed by atoms with E-state index >= 15 is 0 Å². The van der Waals surface area contributed by atoms with Gasteiger partial charge in [0.15, 0.2) is 5.76 Å². The maximum absolute atomic E-state index is 12.6. The first kappa shape index (κ1) is 23.5. The van der Waals surface area contributed by atoms with Crippen molar-refractivity contribution >= 4 is 28.7 Å². The molecule has 2 aromatic heterocycles. The molecule has 1 aliphatic carbocycles. The molecular formula is C30H25N3O5. The third kappa shape index (κ3) is 4.10. The van der Waals surface area contributed by atoms with Gasteiger partial charge < -0.3 is 19.4 Å². The number of carboxylic acid groups (broad SMARTS) is 1. The summed E-state index contributed by atoms with van der Waals surface area (Å²) in [5.41, 5.74) is 4.90. The number of rotatable bonds is 7. The Morgan fingerprint density at radius 2 is 1.76 bits per heavy atom. The van der Waals surface area contributed by atoms with Crippen LogP contribution < -0.4 is 5.32 Å². The van der Waals surface area contributed by atoms with Gasteiger partial charge in [-0.05, 0) is 54.2 Å². The summed E-state index contributed by atoms with van der Waals surface area (Å²) in [5, 5.41) is 17.2. The van der Waals surface area contributed by atoms with E-state index in [9.17, 15) is 14.7 Å². The molecule has 1 atom stereocenters. The van der Waals surface area contributed by atoms with E-state index in [2.05, 4.69) is 15.5 Å². The second-order valence-corrected chi connectivity index (χ2v) is 9.54. The van der Waals surface area contributed by atoms with Gasteiger partial charge in [-0.25, -0.2) is 4.79 Å². The number of carbonyl (C=O) groups excluding carboxylic acids is 1. The summed E-state index contributed by atoms with van der Waals surface area (Å²) in [6.07, 6.45) is 3.59. The zero-order valence-corrected chi connectivity index (χ0v) is 20.6. The molecule has 190 valence electrons. The molecule has 1 aliphatic rings. The summed E-state index contributed by atoms with van der Waals surface area (Å²) in [4.78, 5) is 27.6. The molecule has 3 aromatic carbocycles. The van der Waals surface area contributed by atoms with Gasteiger partial charge in [0, 0.05) is 17.1 Å². The zero-order valence-electron chi connectivity index (χ0n) is 20.6. The maximum Gasteiger partial charge on any atom is 0.412 e. The highest BCUT2D eigenvalue weighted by atomic mass is 16.6. The van der Waals surface area contributed by atoms with Gasteiger partial charge >= 0.3 is 12.1 Å². The SMILES string of the molecule is CC(OC(=O)Nc1cnoc1-c1ccc(-c2ccc(C3(C(=O)O)CC3)cc2)c2cc[nH]c12)c1ccccc1. The molecule has 0 radical (unpaired) electrons. The van der Waals surface area contributed by atoms with E-state index in [1.807, 2.05) is 85.9 Å². The number of hydrogen-bond acceptors (Lipinski definition) is 5. The van der Waals surface area contributed by atoms with Crippen LogP contribution >= 0.6 is 0 Å². The zero-order chi connectivity index (χ0) is 26.3. The molecule has 38 heavy (non-hydrogen) atoms. The standard InChI is InChI=1S/C30H25N3O5/c1-18(19-5-3-2-4-6-19)37-29(36)33-25-17-32-38-27(25)24-12-11-22(23-13-16-31-26(23)24)20-7-9-21(10-8-20)30(14-15-30)28(34)35/h2-13,16-18,31H,14-15H2,1H3,(H,33,36)(H,34,35). The second-order valence-electron chi connectivity index (χ2n) is 9.54. The molecule has 2 heterocycles. The van der Waals surface area contributed by atoms with E-state index in [0.717, 1.165) is 38.7 Å². The summed E-state index contributed by atoms with van der Waals surface area (Å²) in [6.45, 7) is 1.81. The monoisotopic (exact) mass is 507 g/mol. The molecule has 1 unspecified atom stereocenters. The van der Waals surface area contributed by atoms with Crippen LogP contribution in [0.4, 0.5) is 10.5 Å². The maximum atomic E-state index is 12.6. The van der Waals surface area contributed by atoms with Crippen molar-refractivity contribution in [2.75, 3.05) is 5.32 Å². The Hall–Kier alpha value is -4.85. The van der Waals surface area contributed by atoms with Crippen LogP contribution in [0.2, 0.25) is 0 Å². The Bertz CT molecular complexity index is 1630. The first-order chi connectivity index (χ1) is 18.5. The van der Waals surface area contributed by atoms with Crippen LogP contribution in [0.3, 0.4) is 0 Å². The molecule has 0 aliphatic heterocycles. The van der Waals surface area contributed by atoms with Gasteiger partial charge in [0.25, 0.3) is 0 Å². The predicted molar refractivity (Wildman–Crippen MR) is 143 cm³/mol. The van der Waals surface area contributed by atoms with Crippen molar-refractivity contribution in [2.45, 2.75) is 31.3 Å². The van der Waals surface area contributed by atoms with E-state index in [1.165, 1.54) is 6.20 Å². The van der Waals surface area contributed by atoms with E-state index in [4.69, 9.17) is 9.26 Å². The summed E-state index contributed by atoms with van der Waals surface area (Å²) in [7, 11) is 0. The number of carboxylic acids is 1. The van der Waals surface area contributed by atoms with Gasteiger partial charge in [-0.3, -0.25) is 10.1 Å². The minimum atomic E-state index is -0.766. The highest BCUT2D eigenvalue weighted by Gasteiger charge is 2.51. The van der Waals surface area contributed by atoms with Crippen LogP contribution in [0.15, 0.2) is 89.7 Å². The van der Waals surface area contributed by atoms with Crippen molar-refractivity contribution in [1.82, 2.24) is 10.1 Å². The number of H-pyrrole nitrogens is 1. The summed E-state index contributed by atoms with van der Waals surface area (Å²) in [5.74, 6) is -0.363. The number of nitrogens with one attached hydrogen (secondary N) is 2. The van der Waals surface area contributed by atoms with Crippen LogP contribution in [-0.2, 0) is 14.9 Å². The number of hydrogen-bond donors (Lipinski definition) is 3. The molecule has 1 saturated carbocycles. The Morgan fingerprint density at radius 3 is 2.47 bits per heavy atom. The highest BCUT2D eigenvalue weighted by molar-refractivity contribution is 6.04. The van der Waals surface area contributed by atoms with Crippen LogP contribution in [0.1, 0.15) is 37.0 Å². The first-order valence-corrected chi connectivity index (χ1v) is 12.4. The van der Waals surface area contributed by atoms with Gasteiger partial charge in [0.2, 0.25) is 0 Å². The molecule has 1 amide bonds. The van der Waals surface area contributed by atoms with Gasteiger partial charge in [0.1, 0.15) is 11.8 Å². The average Bonchev–Trinajstić information content (AvgIpc) is 3.38. The van der Waals surface area contributed by atoms with Gasteiger partial charge in [-0.15, -0.1) is 0 Å². The molecule has 0 bridgehead atoms. The molecule has 3 N–H and O–H groups in total. The van der Waals surface area contributed by atoms with Crippen LogP contribution in [0.5, 0.6) is 0 Å². The molecule has 0 saturated heterocycles. The number of nitrogens with zero attached hydrogens (tertiary/aromatic N) is 1.